The molecule has 6 heteroatoms. The molecule has 0 bridgehead atoms. The van der Waals surface area contributed by atoms with Crippen molar-refractivity contribution in [3.63, 3.8) is 0 Å². The summed E-state index contributed by atoms with van der Waals surface area (Å²) in [5.41, 5.74) is 1.84. The van der Waals surface area contributed by atoms with Crippen LogP contribution in [0.4, 0.5) is 5.13 Å². The summed E-state index contributed by atoms with van der Waals surface area (Å²) in [6.45, 7) is 0. The molecule has 0 amide bonds. The second-order valence-electron chi connectivity index (χ2n) is 5.81. The van der Waals surface area contributed by atoms with Gasteiger partial charge in [-0.1, -0.05) is 31.4 Å². The smallest absolute Gasteiger partial charge is 0.183 e. The summed E-state index contributed by atoms with van der Waals surface area (Å²) in [6.07, 6.45) is 7.59. The average molecular weight is 336 g/mol. The van der Waals surface area contributed by atoms with E-state index in [-0.39, 0.29) is 0 Å². The van der Waals surface area contributed by atoms with Crippen molar-refractivity contribution in [3.05, 3.63) is 29.6 Å². The average Bonchev–Trinajstić information content (AvgIpc) is 2.96. The van der Waals surface area contributed by atoms with Gasteiger partial charge in [-0.05, 0) is 25.0 Å². The van der Waals surface area contributed by atoms with Crippen molar-refractivity contribution in [1.82, 2.24) is 4.98 Å². The predicted octanol–water partition coefficient (Wildman–Crippen LogP) is 3.96. The van der Waals surface area contributed by atoms with Crippen molar-refractivity contribution in [2.24, 2.45) is 0 Å². The van der Waals surface area contributed by atoms with Gasteiger partial charge in [-0.2, -0.15) is 0 Å². The Bertz CT molecular complexity index is 730. The Hall–Kier alpha value is -1.40. The first-order valence-corrected chi connectivity index (χ1v) is 10.3. The molecule has 1 saturated carbocycles. The van der Waals surface area contributed by atoms with Crippen LogP contribution in [0.15, 0.2) is 34.5 Å². The lowest BCUT2D eigenvalue weighted by molar-refractivity contribution is 0.462. The van der Waals surface area contributed by atoms with Crippen LogP contribution in [0.1, 0.15) is 32.1 Å². The molecule has 0 radical (unpaired) electrons. The first kappa shape index (κ1) is 15.5. The molecule has 1 aromatic heterocycles. The van der Waals surface area contributed by atoms with E-state index >= 15 is 0 Å². The highest BCUT2D eigenvalue weighted by Crippen LogP contribution is 2.28. The summed E-state index contributed by atoms with van der Waals surface area (Å²) < 4.78 is 23.0. The van der Waals surface area contributed by atoms with Gasteiger partial charge in [0.1, 0.15) is 0 Å². The number of hydrogen-bond acceptors (Lipinski definition) is 5. The number of thiazole rings is 1. The van der Waals surface area contributed by atoms with E-state index in [2.05, 4.69) is 10.3 Å². The van der Waals surface area contributed by atoms with Gasteiger partial charge in [-0.25, -0.2) is 13.4 Å². The molecule has 0 aliphatic heterocycles. The van der Waals surface area contributed by atoms with Crippen molar-refractivity contribution in [1.29, 1.82) is 0 Å². The number of nitrogens with zero attached hydrogens (tertiary/aromatic N) is 1. The Balaban J connectivity index is 1.73. The third kappa shape index (κ3) is 3.67. The maximum atomic E-state index is 11.5. The Kier molecular flexibility index (Phi) is 4.49. The maximum Gasteiger partial charge on any atom is 0.183 e. The zero-order valence-corrected chi connectivity index (χ0v) is 14.2. The highest BCUT2D eigenvalue weighted by atomic mass is 32.2. The molecular weight excluding hydrogens is 316 g/mol. The van der Waals surface area contributed by atoms with Gasteiger partial charge in [0.25, 0.3) is 0 Å². The molecule has 3 rings (SSSR count). The van der Waals surface area contributed by atoms with Crippen LogP contribution in [-0.4, -0.2) is 25.7 Å². The molecule has 22 heavy (non-hydrogen) atoms. The van der Waals surface area contributed by atoms with Crippen LogP contribution < -0.4 is 5.32 Å². The van der Waals surface area contributed by atoms with E-state index in [1.54, 1.807) is 23.5 Å². The molecular formula is C16H20N2O2S2. The molecule has 4 nitrogen and oxygen atoms in total. The molecule has 0 unspecified atom stereocenters. The van der Waals surface area contributed by atoms with E-state index in [4.69, 9.17) is 0 Å². The number of hydrogen-bond donors (Lipinski definition) is 1. The largest absolute Gasteiger partial charge is 0.359 e. The summed E-state index contributed by atoms with van der Waals surface area (Å²) in [4.78, 5) is 4.96. The van der Waals surface area contributed by atoms with Crippen LogP contribution in [0, 0.1) is 0 Å². The highest BCUT2D eigenvalue weighted by Gasteiger charge is 2.15. The molecule has 0 atom stereocenters. The first-order chi connectivity index (χ1) is 10.5. The topological polar surface area (TPSA) is 59.1 Å². The molecule has 118 valence electrons. The van der Waals surface area contributed by atoms with Gasteiger partial charge in [0.15, 0.2) is 15.0 Å². The number of sulfone groups is 1. The lowest BCUT2D eigenvalue weighted by Gasteiger charge is -2.22. The maximum absolute atomic E-state index is 11.5. The van der Waals surface area contributed by atoms with E-state index in [1.165, 1.54) is 38.4 Å². The van der Waals surface area contributed by atoms with Crippen LogP contribution >= 0.6 is 11.3 Å². The second-order valence-corrected chi connectivity index (χ2v) is 8.69. The quantitative estimate of drug-likeness (QED) is 0.918. The molecule has 1 aliphatic rings. The summed E-state index contributed by atoms with van der Waals surface area (Å²) in [5, 5.41) is 6.49. The van der Waals surface area contributed by atoms with E-state index in [0.29, 0.717) is 10.9 Å². The van der Waals surface area contributed by atoms with Crippen molar-refractivity contribution in [2.45, 2.75) is 43.0 Å². The highest BCUT2D eigenvalue weighted by molar-refractivity contribution is 7.90. The van der Waals surface area contributed by atoms with Crippen molar-refractivity contribution < 1.29 is 8.42 Å². The second kappa shape index (κ2) is 6.38. The van der Waals surface area contributed by atoms with Gasteiger partial charge in [0.2, 0.25) is 0 Å². The summed E-state index contributed by atoms with van der Waals surface area (Å²) in [5.74, 6) is 0. The molecule has 1 N–H and O–H groups in total. The predicted molar refractivity (Wildman–Crippen MR) is 91.2 cm³/mol. The molecule has 2 aromatic rings. The molecule has 0 saturated heterocycles. The van der Waals surface area contributed by atoms with Crippen LogP contribution in [0.5, 0.6) is 0 Å². The third-order valence-electron chi connectivity index (χ3n) is 4.02. The molecule has 1 aromatic carbocycles. The Morgan fingerprint density at radius 3 is 2.45 bits per heavy atom. The van der Waals surface area contributed by atoms with Crippen LogP contribution in [0.2, 0.25) is 0 Å². The molecule has 1 aliphatic carbocycles. The summed E-state index contributed by atoms with van der Waals surface area (Å²) in [7, 11) is -3.15. The number of nitrogens with one attached hydrogen (secondary N) is 1. The Labute approximate surface area is 135 Å². The zero-order chi connectivity index (χ0) is 15.6. The fraction of sp³-hybridized carbons (Fsp3) is 0.438. The zero-order valence-electron chi connectivity index (χ0n) is 12.6. The Morgan fingerprint density at radius 1 is 1.14 bits per heavy atom. The van der Waals surface area contributed by atoms with Gasteiger partial charge >= 0.3 is 0 Å². The van der Waals surface area contributed by atoms with Crippen LogP contribution in [-0.2, 0) is 9.84 Å². The fourth-order valence-corrected chi connectivity index (χ4v) is 4.20. The SMILES string of the molecule is CS(=O)(=O)c1ccc(-c2csc(NC3CCCCC3)n2)cc1. The van der Waals surface area contributed by atoms with Crippen LogP contribution in [0.25, 0.3) is 11.3 Å². The lowest BCUT2D eigenvalue weighted by Crippen LogP contribution is -2.21. The minimum Gasteiger partial charge on any atom is -0.359 e. The van der Waals surface area contributed by atoms with Crippen LogP contribution in [0.3, 0.4) is 0 Å². The fourth-order valence-electron chi connectivity index (χ4n) is 2.77. The Morgan fingerprint density at radius 2 is 1.82 bits per heavy atom. The van der Waals surface area contributed by atoms with E-state index in [9.17, 15) is 8.42 Å². The van der Waals surface area contributed by atoms with E-state index in [0.717, 1.165) is 16.4 Å². The van der Waals surface area contributed by atoms with Gasteiger partial charge in [0.05, 0.1) is 10.6 Å². The summed E-state index contributed by atoms with van der Waals surface area (Å²) >= 11 is 1.61. The number of anilines is 1. The monoisotopic (exact) mass is 336 g/mol. The van der Waals surface area contributed by atoms with Gasteiger partial charge in [-0.3, -0.25) is 0 Å². The number of benzene rings is 1. The van der Waals surface area contributed by atoms with E-state index < -0.39 is 9.84 Å². The van der Waals surface area contributed by atoms with E-state index in [1.807, 2.05) is 17.5 Å². The normalized spacial score (nSPS) is 16.6. The minimum absolute atomic E-state index is 0.340. The van der Waals surface area contributed by atoms with Crippen molar-refractivity contribution in [2.75, 3.05) is 11.6 Å². The van der Waals surface area contributed by atoms with Gasteiger partial charge in [0, 0.05) is 23.2 Å². The number of rotatable bonds is 4. The third-order valence-corrected chi connectivity index (χ3v) is 5.92. The lowest BCUT2D eigenvalue weighted by atomic mass is 9.96. The van der Waals surface area contributed by atoms with Crippen molar-refractivity contribution >= 4 is 26.3 Å². The minimum atomic E-state index is -3.15. The van der Waals surface area contributed by atoms with Gasteiger partial charge < -0.3 is 5.32 Å². The molecule has 0 spiro atoms. The van der Waals surface area contributed by atoms with Crippen molar-refractivity contribution in [3.8, 4) is 11.3 Å². The molecule has 1 heterocycles. The summed E-state index contributed by atoms with van der Waals surface area (Å²) in [6, 6.07) is 7.45. The number of aromatic nitrogens is 1. The standard InChI is InChI=1S/C16H20N2O2S2/c1-22(19,20)14-9-7-12(8-10-14)15-11-21-16(18-15)17-13-5-3-2-4-6-13/h7-11,13H,2-6H2,1H3,(H,17,18). The molecule has 1 fully saturated rings. The van der Waals surface area contributed by atoms with Gasteiger partial charge in [-0.15, -0.1) is 11.3 Å². The first-order valence-electron chi connectivity index (χ1n) is 7.55.